The van der Waals surface area contributed by atoms with Gasteiger partial charge in [0.05, 0.1) is 19.3 Å². The Morgan fingerprint density at radius 1 is 1.50 bits per heavy atom. The van der Waals surface area contributed by atoms with Gasteiger partial charge in [0, 0.05) is 0 Å². The second-order valence-electron chi connectivity index (χ2n) is 3.70. The van der Waals surface area contributed by atoms with Gasteiger partial charge in [-0.3, -0.25) is 0 Å². The van der Waals surface area contributed by atoms with E-state index in [-0.39, 0.29) is 6.04 Å². The molecule has 0 spiro atoms. The number of fused-ring (bicyclic) bond motifs is 1. The van der Waals surface area contributed by atoms with Crippen LogP contribution in [0.25, 0.3) is 0 Å². The first kappa shape index (κ1) is 9.49. The van der Waals surface area contributed by atoms with E-state index in [4.69, 9.17) is 10.5 Å². The molecule has 0 aromatic heterocycles. The molecule has 0 radical (unpaired) electrons. The van der Waals surface area contributed by atoms with E-state index in [0.717, 1.165) is 24.2 Å². The molecular formula is C11H15NO2. The van der Waals surface area contributed by atoms with Crippen LogP contribution in [0.5, 0.6) is 5.75 Å². The lowest BCUT2D eigenvalue weighted by molar-refractivity contribution is 0.128. The van der Waals surface area contributed by atoms with E-state index in [0.29, 0.717) is 0 Å². The number of ether oxygens (including phenoxy) is 1. The third-order valence-electron chi connectivity index (χ3n) is 2.83. The fourth-order valence-electron chi connectivity index (χ4n) is 1.94. The fourth-order valence-corrected chi connectivity index (χ4v) is 1.94. The summed E-state index contributed by atoms with van der Waals surface area (Å²) in [6.45, 7) is 0. The average Bonchev–Trinajstić information content (AvgIpc) is 2.23. The first-order valence-corrected chi connectivity index (χ1v) is 4.83. The predicted molar refractivity (Wildman–Crippen MR) is 54.3 cm³/mol. The van der Waals surface area contributed by atoms with Gasteiger partial charge in [0.2, 0.25) is 0 Å². The van der Waals surface area contributed by atoms with Crippen molar-refractivity contribution in [1.82, 2.24) is 0 Å². The number of methoxy groups -OCH3 is 1. The molecule has 0 saturated carbocycles. The zero-order valence-corrected chi connectivity index (χ0v) is 8.23. The molecule has 3 N–H and O–H groups in total. The first-order chi connectivity index (χ1) is 6.72. The van der Waals surface area contributed by atoms with Crippen molar-refractivity contribution in [2.24, 2.45) is 5.73 Å². The van der Waals surface area contributed by atoms with E-state index in [2.05, 4.69) is 0 Å². The third-order valence-corrected chi connectivity index (χ3v) is 2.83. The zero-order chi connectivity index (χ0) is 10.1. The van der Waals surface area contributed by atoms with Crippen molar-refractivity contribution < 1.29 is 9.84 Å². The van der Waals surface area contributed by atoms with Crippen LogP contribution < -0.4 is 10.5 Å². The van der Waals surface area contributed by atoms with E-state index in [1.165, 1.54) is 5.56 Å². The molecule has 0 fully saturated rings. The van der Waals surface area contributed by atoms with Crippen LogP contribution in [0.15, 0.2) is 18.2 Å². The van der Waals surface area contributed by atoms with E-state index in [9.17, 15) is 5.11 Å². The molecule has 1 aromatic rings. The Morgan fingerprint density at radius 2 is 2.29 bits per heavy atom. The quantitative estimate of drug-likeness (QED) is 0.699. The standard InChI is InChI=1S/C11H15NO2/c1-14-8-3-4-9-7(6-8)2-5-10(13)11(9)12/h3-4,6,10-11,13H,2,5,12H2,1H3/t10-,11-/m1/s1. The molecule has 0 heterocycles. The fraction of sp³-hybridized carbons (Fsp3) is 0.455. The molecule has 0 bridgehead atoms. The lowest BCUT2D eigenvalue weighted by Crippen LogP contribution is -2.31. The van der Waals surface area contributed by atoms with Crippen LogP contribution >= 0.6 is 0 Å². The number of aryl methyl sites for hydroxylation is 1. The number of nitrogens with two attached hydrogens (primary N) is 1. The second kappa shape index (κ2) is 3.59. The van der Waals surface area contributed by atoms with E-state index in [1.807, 2.05) is 18.2 Å². The maximum atomic E-state index is 9.59. The summed E-state index contributed by atoms with van der Waals surface area (Å²) in [7, 11) is 1.65. The molecule has 14 heavy (non-hydrogen) atoms. The number of aliphatic hydroxyl groups is 1. The van der Waals surface area contributed by atoms with Crippen molar-refractivity contribution in [2.75, 3.05) is 7.11 Å². The Kier molecular flexibility index (Phi) is 2.44. The molecule has 2 rings (SSSR count). The molecule has 3 nitrogen and oxygen atoms in total. The van der Waals surface area contributed by atoms with Gasteiger partial charge in [-0.2, -0.15) is 0 Å². The molecule has 3 heteroatoms. The summed E-state index contributed by atoms with van der Waals surface area (Å²) in [6.07, 6.45) is 1.21. The predicted octanol–water partition coefficient (Wildman–Crippen LogP) is 1.00. The maximum Gasteiger partial charge on any atom is 0.119 e. The monoisotopic (exact) mass is 193 g/mol. The zero-order valence-electron chi connectivity index (χ0n) is 8.23. The molecule has 0 saturated heterocycles. The Balaban J connectivity index is 2.38. The highest BCUT2D eigenvalue weighted by molar-refractivity contribution is 5.39. The summed E-state index contributed by atoms with van der Waals surface area (Å²) in [6, 6.07) is 5.59. The van der Waals surface area contributed by atoms with Crippen LogP contribution in [0, 0.1) is 0 Å². The number of hydrogen-bond acceptors (Lipinski definition) is 3. The van der Waals surface area contributed by atoms with Gasteiger partial charge in [0.1, 0.15) is 5.75 Å². The van der Waals surface area contributed by atoms with E-state index < -0.39 is 6.10 Å². The largest absolute Gasteiger partial charge is 0.497 e. The highest BCUT2D eigenvalue weighted by atomic mass is 16.5. The number of rotatable bonds is 1. The Hall–Kier alpha value is -1.06. The lowest BCUT2D eigenvalue weighted by Gasteiger charge is -2.27. The van der Waals surface area contributed by atoms with Crippen LogP contribution in [0.2, 0.25) is 0 Å². The first-order valence-electron chi connectivity index (χ1n) is 4.83. The molecule has 1 aliphatic rings. The normalized spacial score (nSPS) is 25.6. The van der Waals surface area contributed by atoms with Crippen LogP contribution in [0.4, 0.5) is 0 Å². The molecule has 0 aliphatic heterocycles. The summed E-state index contributed by atoms with van der Waals surface area (Å²) >= 11 is 0. The van der Waals surface area contributed by atoms with Gasteiger partial charge in [-0.25, -0.2) is 0 Å². The minimum Gasteiger partial charge on any atom is -0.497 e. The van der Waals surface area contributed by atoms with E-state index in [1.54, 1.807) is 7.11 Å². The highest BCUT2D eigenvalue weighted by Gasteiger charge is 2.24. The van der Waals surface area contributed by atoms with Gasteiger partial charge in [-0.15, -0.1) is 0 Å². The SMILES string of the molecule is COc1ccc2c(c1)CC[C@@H](O)[C@@H]2N. The van der Waals surface area contributed by atoms with Gasteiger partial charge in [-0.1, -0.05) is 6.07 Å². The van der Waals surface area contributed by atoms with Gasteiger partial charge < -0.3 is 15.6 Å². The summed E-state index contributed by atoms with van der Waals surface area (Å²) in [5.74, 6) is 0.854. The molecule has 76 valence electrons. The summed E-state index contributed by atoms with van der Waals surface area (Å²) < 4.78 is 5.14. The average molecular weight is 193 g/mol. The van der Waals surface area contributed by atoms with Crippen molar-refractivity contribution in [1.29, 1.82) is 0 Å². The Bertz CT molecular complexity index is 338. The van der Waals surface area contributed by atoms with Crippen molar-refractivity contribution in [3.05, 3.63) is 29.3 Å². The Morgan fingerprint density at radius 3 is 3.00 bits per heavy atom. The molecular weight excluding hydrogens is 178 g/mol. The summed E-state index contributed by atoms with van der Waals surface area (Å²) in [5, 5.41) is 9.59. The van der Waals surface area contributed by atoms with E-state index >= 15 is 0 Å². The topological polar surface area (TPSA) is 55.5 Å². The van der Waals surface area contributed by atoms with Gasteiger partial charge in [0.25, 0.3) is 0 Å². The van der Waals surface area contributed by atoms with Crippen molar-refractivity contribution in [3.8, 4) is 5.75 Å². The highest BCUT2D eigenvalue weighted by Crippen LogP contribution is 2.30. The third kappa shape index (κ3) is 1.49. The van der Waals surface area contributed by atoms with Gasteiger partial charge >= 0.3 is 0 Å². The molecule has 0 amide bonds. The smallest absolute Gasteiger partial charge is 0.119 e. The number of hydrogen-bond donors (Lipinski definition) is 2. The maximum absolute atomic E-state index is 9.59. The minimum atomic E-state index is -0.407. The Labute approximate surface area is 83.5 Å². The molecule has 1 aliphatic carbocycles. The van der Waals surface area contributed by atoms with Crippen molar-refractivity contribution in [2.45, 2.75) is 25.0 Å². The van der Waals surface area contributed by atoms with Gasteiger partial charge in [0.15, 0.2) is 0 Å². The molecule has 0 unspecified atom stereocenters. The van der Waals surface area contributed by atoms with Crippen LogP contribution in [0.1, 0.15) is 23.6 Å². The van der Waals surface area contributed by atoms with Crippen LogP contribution in [0.3, 0.4) is 0 Å². The van der Waals surface area contributed by atoms with Crippen molar-refractivity contribution in [3.63, 3.8) is 0 Å². The summed E-state index contributed by atoms with van der Waals surface area (Å²) in [5.41, 5.74) is 8.13. The van der Waals surface area contributed by atoms with Crippen LogP contribution in [-0.4, -0.2) is 18.3 Å². The lowest BCUT2D eigenvalue weighted by atomic mass is 9.86. The minimum absolute atomic E-state index is 0.246. The van der Waals surface area contributed by atoms with Crippen molar-refractivity contribution >= 4 is 0 Å². The van der Waals surface area contributed by atoms with Gasteiger partial charge in [-0.05, 0) is 36.1 Å². The molecule has 1 aromatic carbocycles. The number of aliphatic hydroxyl groups excluding tert-OH is 1. The second-order valence-corrected chi connectivity index (χ2v) is 3.70. The van der Waals surface area contributed by atoms with Crippen LogP contribution in [-0.2, 0) is 6.42 Å². The summed E-state index contributed by atoms with van der Waals surface area (Å²) in [4.78, 5) is 0. The molecule has 2 atom stereocenters. The number of benzene rings is 1.